The summed E-state index contributed by atoms with van der Waals surface area (Å²) in [6.07, 6.45) is 1.27. The fourth-order valence-corrected chi connectivity index (χ4v) is 4.48. The van der Waals surface area contributed by atoms with Crippen LogP contribution in [0.2, 0.25) is 0 Å². The topological polar surface area (TPSA) is 15.7 Å². The number of hydrogen-bond donors (Lipinski definition) is 0. The molecule has 4 heteroatoms. The number of nitrogens with zero attached hydrogens (tertiary/aromatic N) is 2. The number of aryl methyl sites for hydroxylation is 1. The Hall–Kier alpha value is -2.69. The molecule has 4 rings (SSSR count). The smallest absolute Gasteiger partial charge is 0.123 e. The Bertz CT molecular complexity index is 971. The van der Waals surface area contributed by atoms with Crippen molar-refractivity contribution < 1.29 is 9.13 Å². The van der Waals surface area contributed by atoms with Gasteiger partial charge in [-0.1, -0.05) is 54.1 Å². The van der Waals surface area contributed by atoms with Crippen molar-refractivity contribution in [1.29, 1.82) is 0 Å². The van der Waals surface area contributed by atoms with E-state index in [1.807, 2.05) is 19.1 Å². The molecule has 0 N–H and O–H groups in total. The molecule has 0 aromatic heterocycles. The van der Waals surface area contributed by atoms with Gasteiger partial charge < -0.3 is 4.74 Å². The summed E-state index contributed by atoms with van der Waals surface area (Å²) < 4.78 is 19.1. The first-order valence-corrected chi connectivity index (χ1v) is 11.1. The maximum atomic E-state index is 13.4. The van der Waals surface area contributed by atoms with Gasteiger partial charge in [0.25, 0.3) is 0 Å². The van der Waals surface area contributed by atoms with E-state index in [0.717, 1.165) is 43.9 Å². The molecule has 3 aromatic carbocycles. The van der Waals surface area contributed by atoms with Crippen LogP contribution in [-0.2, 0) is 13.1 Å². The fourth-order valence-electron chi connectivity index (χ4n) is 4.48. The molecule has 1 atom stereocenters. The first-order chi connectivity index (χ1) is 15.1. The van der Waals surface area contributed by atoms with Crippen LogP contribution in [0.1, 0.15) is 41.8 Å². The summed E-state index contributed by atoms with van der Waals surface area (Å²) in [5, 5.41) is 0. The lowest BCUT2D eigenvalue weighted by atomic mass is 10.0. The van der Waals surface area contributed by atoms with E-state index in [9.17, 15) is 4.39 Å². The van der Waals surface area contributed by atoms with Crippen LogP contribution in [-0.4, -0.2) is 29.5 Å². The lowest BCUT2D eigenvalue weighted by Crippen LogP contribution is -2.46. The summed E-state index contributed by atoms with van der Waals surface area (Å²) in [5.41, 5.74) is 5.02. The second kappa shape index (κ2) is 10.1. The molecule has 162 valence electrons. The third-order valence-electron chi connectivity index (χ3n) is 5.84. The molecule has 0 spiro atoms. The molecule has 0 saturated carbocycles. The molecule has 0 unspecified atom stereocenters. The van der Waals surface area contributed by atoms with Crippen LogP contribution < -0.4 is 4.74 Å². The number of hydrogen-bond acceptors (Lipinski definition) is 3. The van der Waals surface area contributed by atoms with Crippen LogP contribution in [0.15, 0.2) is 72.8 Å². The number of ether oxygens (including phenoxy) is 1. The molecule has 31 heavy (non-hydrogen) atoms. The Kier molecular flexibility index (Phi) is 7.00. The SMILES string of the molecule is CCOc1ccc([C@H]2N(Cc3ccc(F)cc3)CCCN2Cc2cccc(C)c2)cc1. The first-order valence-electron chi connectivity index (χ1n) is 11.1. The molecule has 0 amide bonds. The Balaban J connectivity index is 1.62. The highest BCUT2D eigenvalue weighted by Gasteiger charge is 2.30. The zero-order chi connectivity index (χ0) is 21.6. The van der Waals surface area contributed by atoms with Crippen LogP contribution in [0.25, 0.3) is 0 Å². The van der Waals surface area contributed by atoms with Gasteiger partial charge in [-0.25, -0.2) is 4.39 Å². The van der Waals surface area contributed by atoms with Crippen molar-refractivity contribution in [2.45, 2.75) is 39.5 Å². The van der Waals surface area contributed by atoms with Crippen molar-refractivity contribution in [3.05, 3.63) is 101 Å². The monoisotopic (exact) mass is 418 g/mol. The van der Waals surface area contributed by atoms with Crippen molar-refractivity contribution in [2.24, 2.45) is 0 Å². The van der Waals surface area contributed by atoms with Gasteiger partial charge in [0.15, 0.2) is 0 Å². The predicted molar refractivity (Wildman–Crippen MR) is 123 cm³/mol. The lowest BCUT2D eigenvalue weighted by molar-refractivity contribution is -0.00913. The average Bonchev–Trinajstić information content (AvgIpc) is 2.77. The minimum atomic E-state index is -0.188. The van der Waals surface area contributed by atoms with Gasteiger partial charge in [-0.05, 0) is 61.2 Å². The molecule has 1 aliphatic heterocycles. The summed E-state index contributed by atoms with van der Waals surface area (Å²) >= 11 is 0. The Morgan fingerprint density at radius 1 is 0.871 bits per heavy atom. The second-order valence-corrected chi connectivity index (χ2v) is 8.29. The molecular formula is C27H31FN2O. The van der Waals surface area contributed by atoms with Crippen LogP contribution in [0.5, 0.6) is 5.75 Å². The van der Waals surface area contributed by atoms with Crippen LogP contribution in [0, 0.1) is 12.7 Å². The minimum absolute atomic E-state index is 0.162. The van der Waals surface area contributed by atoms with Gasteiger partial charge in [-0.3, -0.25) is 9.80 Å². The maximum Gasteiger partial charge on any atom is 0.123 e. The minimum Gasteiger partial charge on any atom is -0.494 e. The summed E-state index contributed by atoms with van der Waals surface area (Å²) in [7, 11) is 0. The van der Waals surface area contributed by atoms with Crippen molar-refractivity contribution in [3.63, 3.8) is 0 Å². The predicted octanol–water partition coefficient (Wildman–Crippen LogP) is 5.94. The Morgan fingerprint density at radius 2 is 1.55 bits per heavy atom. The highest BCUT2D eigenvalue weighted by molar-refractivity contribution is 5.30. The largest absolute Gasteiger partial charge is 0.494 e. The summed E-state index contributed by atoms with van der Waals surface area (Å²) in [5.74, 6) is 0.712. The van der Waals surface area contributed by atoms with Gasteiger partial charge in [0.2, 0.25) is 0 Å². The third-order valence-corrected chi connectivity index (χ3v) is 5.84. The molecule has 0 aliphatic carbocycles. The maximum absolute atomic E-state index is 13.4. The van der Waals surface area contributed by atoms with Crippen molar-refractivity contribution in [2.75, 3.05) is 19.7 Å². The zero-order valence-corrected chi connectivity index (χ0v) is 18.4. The highest BCUT2D eigenvalue weighted by atomic mass is 19.1. The van der Waals surface area contributed by atoms with E-state index in [2.05, 4.69) is 65.3 Å². The van der Waals surface area contributed by atoms with E-state index in [1.54, 1.807) is 12.1 Å². The van der Waals surface area contributed by atoms with E-state index in [0.29, 0.717) is 6.61 Å². The zero-order valence-electron chi connectivity index (χ0n) is 18.4. The molecule has 1 saturated heterocycles. The summed E-state index contributed by atoms with van der Waals surface area (Å²) in [4.78, 5) is 5.06. The normalized spacial score (nSPS) is 17.6. The average molecular weight is 419 g/mol. The van der Waals surface area contributed by atoms with E-state index in [4.69, 9.17) is 4.74 Å². The van der Waals surface area contributed by atoms with Gasteiger partial charge in [-0.2, -0.15) is 0 Å². The van der Waals surface area contributed by atoms with Gasteiger partial charge in [0, 0.05) is 26.2 Å². The van der Waals surface area contributed by atoms with E-state index in [-0.39, 0.29) is 12.0 Å². The summed E-state index contributed by atoms with van der Waals surface area (Å²) in [6, 6.07) is 24.1. The standard InChI is InChI=1S/C27H31FN2O/c1-3-31-26-14-10-24(11-15-26)27-29(19-22-8-12-25(28)13-9-22)16-5-17-30(27)20-23-7-4-6-21(2)18-23/h4,6-15,18,27H,3,5,16-17,19-20H2,1-2H3/t27-/m0/s1. The van der Waals surface area contributed by atoms with Crippen molar-refractivity contribution in [3.8, 4) is 5.75 Å². The fraction of sp³-hybridized carbons (Fsp3) is 0.333. The van der Waals surface area contributed by atoms with Crippen molar-refractivity contribution >= 4 is 0 Å². The Morgan fingerprint density at radius 3 is 2.19 bits per heavy atom. The number of halogens is 1. The molecule has 3 nitrogen and oxygen atoms in total. The van der Waals surface area contributed by atoms with Crippen LogP contribution in [0.4, 0.5) is 4.39 Å². The highest BCUT2D eigenvalue weighted by Crippen LogP contribution is 2.33. The molecule has 1 heterocycles. The van der Waals surface area contributed by atoms with Crippen LogP contribution >= 0.6 is 0 Å². The molecular weight excluding hydrogens is 387 g/mol. The van der Waals surface area contributed by atoms with Gasteiger partial charge in [-0.15, -0.1) is 0 Å². The second-order valence-electron chi connectivity index (χ2n) is 8.29. The third kappa shape index (κ3) is 5.52. The van der Waals surface area contributed by atoms with Crippen LogP contribution in [0.3, 0.4) is 0 Å². The lowest BCUT2D eigenvalue weighted by Gasteiger charge is -2.44. The summed E-state index contributed by atoms with van der Waals surface area (Å²) in [6.45, 7) is 8.57. The van der Waals surface area contributed by atoms with Gasteiger partial charge >= 0.3 is 0 Å². The van der Waals surface area contributed by atoms with E-state index < -0.39 is 0 Å². The van der Waals surface area contributed by atoms with Gasteiger partial charge in [0.1, 0.15) is 11.6 Å². The molecule has 0 radical (unpaired) electrons. The first kappa shape index (κ1) is 21.5. The van der Waals surface area contributed by atoms with E-state index >= 15 is 0 Å². The molecule has 1 fully saturated rings. The Labute approximate surface area is 185 Å². The number of rotatable bonds is 7. The molecule has 0 bridgehead atoms. The number of benzene rings is 3. The quantitative estimate of drug-likeness (QED) is 0.472. The van der Waals surface area contributed by atoms with E-state index in [1.165, 1.54) is 16.7 Å². The van der Waals surface area contributed by atoms with Gasteiger partial charge in [0.05, 0.1) is 12.8 Å². The molecule has 1 aliphatic rings. The molecule has 3 aromatic rings. The van der Waals surface area contributed by atoms with Crippen molar-refractivity contribution in [1.82, 2.24) is 9.80 Å².